The van der Waals surface area contributed by atoms with Crippen molar-refractivity contribution in [1.82, 2.24) is 25.4 Å². The van der Waals surface area contributed by atoms with Crippen LogP contribution in [0.5, 0.6) is 5.75 Å². The van der Waals surface area contributed by atoms with Crippen molar-refractivity contribution in [2.24, 2.45) is 5.92 Å². The third-order valence-electron chi connectivity index (χ3n) is 6.26. The molecular weight excluding hydrogens is 462 g/mol. The van der Waals surface area contributed by atoms with Gasteiger partial charge in [0.25, 0.3) is 5.91 Å². The molecule has 1 saturated carbocycles. The molecule has 1 aromatic heterocycles. The Labute approximate surface area is 209 Å². The Morgan fingerprint density at radius 1 is 1.06 bits per heavy atom. The van der Waals surface area contributed by atoms with Gasteiger partial charge in [0.2, 0.25) is 5.91 Å². The number of amides is 2. The highest BCUT2D eigenvalue weighted by atomic mass is 32.2. The second kappa shape index (κ2) is 11.9. The number of methoxy groups -OCH3 is 1. The maximum absolute atomic E-state index is 12.6. The van der Waals surface area contributed by atoms with Gasteiger partial charge in [-0.25, -0.2) is 0 Å². The minimum atomic E-state index is -0.217. The summed E-state index contributed by atoms with van der Waals surface area (Å²) in [6, 6.07) is 16.9. The SMILES string of the molecule is COc1ccc(C(=O)NCc2nnc(SCC(=O)N[C@@H]3CCCC[C@@H]3C)n2-c2ccccc2)cc1. The average molecular weight is 494 g/mol. The van der Waals surface area contributed by atoms with Crippen LogP contribution >= 0.6 is 11.8 Å². The number of rotatable bonds is 9. The zero-order chi connectivity index (χ0) is 24.6. The molecule has 4 rings (SSSR count). The number of nitrogens with zero attached hydrogens (tertiary/aromatic N) is 3. The van der Waals surface area contributed by atoms with Crippen LogP contribution in [0.2, 0.25) is 0 Å². The lowest BCUT2D eigenvalue weighted by molar-refractivity contribution is -0.119. The number of nitrogens with one attached hydrogen (secondary N) is 2. The van der Waals surface area contributed by atoms with E-state index in [0.29, 0.717) is 28.2 Å². The zero-order valence-corrected chi connectivity index (χ0v) is 20.9. The average Bonchev–Trinajstić information content (AvgIpc) is 3.30. The number of hydrogen-bond acceptors (Lipinski definition) is 6. The molecule has 0 radical (unpaired) electrons. The van der Waals surface area contributed by atoms with Crippen LogP contribution in [0, 0.1) is 5.92 Å². The van der Waals surface area contributed by atoms with Crippen molar-refractivity contribution in [1.29, 1.82) is 0 Å². The molecule has 1 heterocycles. The Morgan fingerprint density at radius 3 is 2.51 bits per heavy atom. The van der Waals surface area contributed by atoms with Crippen molar-refractivity contribution < 1.29 is 14.3 Å². The number of para-hydroxylation sites is 1. The van der Waals surface area contributed by atoms with E-state index in [1.165, 1.54) is 18.2 Å². The summed E-state index contributed by atoms with van der Waals surface area (Å²) in [6.07, 6.45) is 4.60. The summed E-state index contributed by atoms with van der Waals surface area (Å²) in [4.78, 5) is 25.3. The molecule has 2 aromatic carbocycles. The third-order valence-corrected chi connectivity index (χ3v) is 7.19. The fourth-order valence-corrected chi connectivity index (χ4v) is 5.04. The molecule has 184 valence electrons. The largest absolute Gasteiger partial charge is 0.497 e. The van der Waals surface area contributed by atoms with E-state index in [1.54, 1.807) is 31.4 Å². The normalized spacial score (nSPS) is 17.5. The highest BCUT2D eigenvalue weighted by Gasteiger charge is 2.23. The van der Waals surface area contributed by atoms with Crippen LogP contribution in [0.3, 0.4) is 0 Å². The minimum Gasteiger partial charge on any atom is -0.497 e. The van der Waals surface area contributed by atoms with Crippen molar-refractivity contribution >= 4 is 23.6 Å². The summed E-state index contributed by atoms with van der Waals surface area (Å²) in [7, 11) is 1.58. The third kappa shape index (κ3) is 6.42. The van der Waals surface area contributed by atoms with Crippen LogP contribution in [0.15, 0.2) is 59.8 Å². The van der Waals surface area contributed by atoms with Gasteiger partial charge in [-0.15, -0.1) is 10.2 Å². The molecule has 2 N–H and O–H groups in total. The fraction of sp³-hybridized carbons (Fsp3) is 0.385. The molecule has 1 fully saturated rings. The van der Waals surface area contributed by atoms with Crippen molar-refractivity contribution in [2.45, 2.75) is 50.4 Å². The quantitative estimate of drug-likeness (QED) is 0.438. The van der Waals surface area contributed by atoms with Gasteiger partial charge in [0.05, 0.1) is 19.4 Å². The standard InChI is InChI=1S/C26H31N5O3S/c1-18-8-6-7-11-22(18)28-24(32)17-35-26-30-29-23(31(26)20-9-4-3-5-10-20)16-27-25(33)19-12-14-21(34-2)15-13-19/h3-5,9-10,12-15,18,22H,6-8,11,16-17H2,1-2H3,(H,27,33)(H,28,32)/t18-,22+/m0/s1. The zero-order valence-electron chi connectivity index (χ0n) is 20.1. The maximum atomic E-state index is 12.6. The second-order valence-corrected chi connectivity index (χ2v) is 9.65. The number of ether oxygens (including phenoxy) is 1. The lowest BCUT2D eigenvalue weighted by Crippen LogP contribution is -2.41. The van der Waals surface area contributed by atoms with Gasteiger partial charge in [-0.2, -0.15) is 0 Å². The van der Waals surface area contributed by atoms with E-state index >= 15 is 0 Å². The molecule has 0 aliphatic heterocycles. The van der Waals surface area contributed by atoms with Crippen molar-refractivity contribution in [3.63, 3.8) is 0 Å². The van der Waals surface area contributed by atoms with Crippen LogP contribution in [0.25, 0.3) is 5.69 Å². The summed E-state index contributed by atoms with van der Waals surface area (Å²) < 4.78 is 7.03. The lowest BCUT2D eigenvalue weighted by atomic mass is 9.86. The molecular formula is C26H31N5O3S. The van der Waals surface area contributed by atoms with E-state index in [9.17, 15) is 9.59 Å². The molecule has 2 atom stereocenters. The molecule has 35 heavy (non-hydrogen) atoms. The summed E-state index contributed by atoms with van der Waals surface area (Å²) in [5, 5.41) is 15.3. The fourth-order valence-electron chi connectivity index (χ4n) is 4.26. The monoisotopic (exact) mass is 493 g/mol. The number of hydrogen-bond donors (Lipinski definition) is 2. The lowest BCUT2D eigenvalue weighted by Gasteiger charge is -2.29. The molecule has 0 spiro atoms. The number of carbonyl (C=O) groups is 2. The van der Waals surface area contributed by atoms with E-state index in [-0.39, 0.29) is 30.2 Å². The van der Waals surface area contributed by atoms with Gasteiger partial charge in [-0.3, -0.25) is 14.2 Å². The number of aromatic nitrogens is 3. The Bertz CT molecular complexity index is 1130. The summed E-state index contributed by atoms with van der Waals surface area (Å²) in [5.74, 6) is 1.82. The van der Waals surface area contributed by atoms with Crippen molar-refractivity contribution in [3.8, 4) is 11.4 Å². The Kier molecular flexibility index (Phi) is 8.41. The number of thioether (sulfide) groups is 1. The first-order valence-corrected chi connectivity index (χ1v) is 12.9. The van der Waals surface area contributed by atoms with Gasteiger partial charge in [-0.05, 0) is 55.2 Å². The van der Waals surface area contributed by atoms with Crippen molar-refractivity contribution in [3.05, 3.63) is 66.0 Å². The predicted octanol–water partition coefficient (Wildman–Crippen LogP) is 3.99. The van der Waals surface area contributed by atoms with Gasteiger partial charge in [0.15, 0.2) is 11.0 Å². The first-order valence-electron chi connectivity index (χ1n) is 11.9. The molecule has 0 saturated heterocycles. The second-order valence-electron chi connectivity index (χ2n) is 8.71. The maximum Gasteiger partial charge on any atom is 0.251 e. The smallest absolute Gasteiger partial charge is 0.251 e. The molecule has 1 aliphatic carbocycles. The van der Waals surface area contributed by atoms with E-state index < -0.39 is 0 Å². The number of benzene rings is 2. The topological polar surface area (TPSA) is 98.1 Å². The molecule has 8 nitrogen and oxygen atoms in total. The first kappa shape index (κ1) is 24.8. The van der Waals surface area contributed by atoms with E-state index in [1.807, 2.05) is 34.9 Å². The highest BCUT2D eigenvalue weighted by molar-refractivity contribution is 7.99. The minimum absolute atomic E-state index is 0.00530. The van der Waals surface area contributed by atoms with Crippen LogP contribution < -0.4 is 15.4 Å². The Hall–Kier alpha value is -3.33. The molecule has 3 aromatic rings. The number of carbonyl (C=O) groups excluding carboxylic acids is 2. The van der Waals surface area contributed by atoms with Gasteiger partial charge in [0.1, 0.15) is 5.75 Å². The summed E-state index contributed by atoms with van der Waals surface area (Å²) in [6.45, 7) is 2.40. The predicted molar refractivity (Wildman–Crippen MR) is 136 cm³/mol. The first-order chi connectivity index (χ1) is 17.0. The van der Waals surface area contributed by atoms with Crippen LogP contribution in [0.4, 0.5) is 0 Å². The van der Waals surface area contributed by atoms with Gasteiger partial charge < -0.3 is 15.4 Å². The Balaban J connectivity index is 1.44. The summed E-state index contributed by atoms with van der Waals surface area (Å²) >= 11 is 1.35. The molecule has 2 amide bonds. The molecule has 9 heteroatoms. The molecule has 0 bridgehead atoms. The molecule has 1 aliphatic rings. The van der Waals surface area contributed by atoms with Crippen LogP contribution in [-0.2, 0) is 11.3 Å². The highest BCUT2D eigenvalue weighted by Crippen LogP contribution is 2.25. The van der Waals surface area contributed by atoms with Crippen LogP contribution in [0.1, 0.15) is 48.8 Å². The van der Waals surface area contributed by atoms with Gasteiger partial charge in [0, 0.05) is 17.3 Å². The van der Waals surface area contributed by atoms with Crippen LogP contribution in [-0.4, -0.2) is 45.5 Å². The van der Waals surface area contributed by atoms with Gasteiger partial charge in [-0.1, -0.05) is 49.7 Å². The Morgan fingerprint density at radius 2 is 1.80 bits per heavy atom. The van der Waals surface area contributed by atoms with E-state index in [0.717, 1.165) is 24.9 Å². The van der Waals surface area contributed by atoms with E-state index in [2.05, 4.69) is 27.8 Å². The summed E-state index contributed by atoms with van der Waals surface area (Å²) in [5.41, 5.74) is 1.40. The van der Waals surface area contributed by atoms with E-state index in [4.69, 9.17) is 4.74 Å². The van der Waals surface area contributed by atoms with Gasteiger partial charge >= 0.3 is 0 Å². The van der Waals surface area contributed by atoms with Crippen molar-refractivity contribution in [2.75, 3.05) is 12.9 Å². The molecule has 0 unspecified atom stereocenters.